The number of ether oxygens (including phenoxy) is 3. The Labute approximate surface area is 279 Å². The Morgan fingerprint density at radius 3 is 1.48 bits per heavy atom. The number of phenols is 3. The second kappa shape index (κ2) is 14.5. The van der Waals surface area contributed by atoms with E-state index < -0.39 is 5.41 Å². The quantitative estimate of drug-likeness (QED) is 0.0867. The van der Waals surface area contributed by atoms with Gasteiger partial charge in [-0.2, -0.15) is 12.6 Å². The van der Waals surface area contributed by atoms with Crippen LogP contribution in [0.3, 0.4) is 0 Å². The number of phenolic OH excluding ortho intramolecular Hbond substituents is 3. The molecule has 0 fully saturated rings. The summed E-state index contributed by atoms with van der Waals surface area (Å²) < 4.78 is 16.3. The van der Waals surface area contributed by atoms with Gasteiger partial charge in [-0.3, -0.25) is 0 Å². The van der Waals surface area contributed by atoms with Crippen LogP contribution < -0.4 is 0 Å². The third kappa shape index (κ3) is 6.65. The van der Waals surface area contributed by atoms with Crippen LogP contribution >= 0.6 is 12.6 Å². The molecule has 1 unspecified atom stereocenters. The standard InChI is InChI=1S/C39H48O6S/c1-9-25-15-34(18-28(22-45-8)36(25)41)39(5,33-14-24(2)35(40)26(17-33)20-43-6)31-12-10-30(11-13-31)38(3,4)32-16-27(21-44-7)37(42)29(19-32)23-46/h10-19,40-42,46H,9,20-23H2,1-8H3. The third-order valence-corrected chi connectivity index (χ3v) is 9.77. The summed E-state index contributed by atoms with van der Waals surface area (Å²) in [6.45, 7) is 11.4. The topological polar surface area (TPSA) is 88.4 Å². The molecule has 6 nitrogen and oxygen atoms in total. The molecule has 1 atom stereocenters. The van der Waals surface area contributed by atoms with Gasteiger partial charge in [0.1, 0.15) is 17.2 Å². The van der Waals surface area contributed by atoms with Crippen molar-refractivity contribution in [2.75, 3.05) is 21.3 Å². The summed E-state index contributed by atoms with van der Waals surface area (Å²) in [5.74, 6) is 1.13. The minimum absolute atomic E-state index is 0.229. The van der Waals surface area contributed by atoms with E-state index in [9.17, 15) is 15.3 Å². The zero-order valence-electron chi connectivity index (χ0n) is 28.3. The van der Waals surface area contributed by atoms with Crippen molar-refractivity contribution in [3.8, 4) is 17.2 Å². The minimum atomic E-state index is -0.660. The van der Waals surface area contributed by atoms with Gasteiger partial charge in [0, 0.05) is 60.2 Å². The lowest BCUT2D eigenvalue weighted by atomic mass is 9.68. The molecule has 0 amide bonds. The average Bonchev–Trinajstić information content (AvgIpc) is 3.04. The number of benzene rings is 4. The van der Waals surface area contributed by atoms with Gasteiger partial charge in [-0.1, -0.05) is 63.2 Å². The van der Waals surface area contributed by atoms with Crippen molar-refractivity contribution in [1.82, 2.24) is 0 Å². The first-order valence-electron chi connectivity index (χ1n) is 15.6. The van der Waals surface area contributed by atoms with Crippen molar-refractivity contribution in [1.29, 1.82) is 0 Å². The summed E-state index contributed by atoms with van der Waals surface area (Å²) in [7, 11) is 4.87. The molecule has 0 aliphatic rings. The predicted molar refractivity (Wildman–Crippen MR) is 187 cm³/mol. The Bertz CT molecular complexity index is 1680. The first kappa shape index (κ1) is 35.4. The van der Waals surface area contributed by atoms with Gasteiger partial charge in [-0.05, 0) is 77.4 Å². The maximum atomic E-state index is 11.0. The number of hydrogen-bond acceptors (Lipinski definition) is 7. The van der Waals surface area contributed by atoms with E-state index in [4.69, 9.17) is 14.2 Å². The fraction of sp³-hybridized carbons (Fsp3) is 0.385. The van der Waals surface area contributed by atoms with Gasteiger partial charge in [0.2, 0.25) is 0 Å². The van der Waals surface area contributed by atoms with Crippen LogP contribution in [0.15, 0.2) is 60.7 Å². The van der Waals surface area contributed by atoms with Gasteiger partial charge in [-0.25, -0.2) is 0 Å². The summed E-state index contributed by atoms with van der Waals surface area (Å²) in [5, 5.41) is 32.7. The lowest BCUT2D eigenvalue weighted by Crippen LogP contribution is -2.27. The highest BCUT2D eigenvalue weighted by molar-refractivity contribution is 7.79. The fourth-order valence-corrected chi connectivity index (χ4v) is 6.63. The Morgan fingerprint density at radius 1 is 0.565 bits per heavy atom. The highest BCUT2D eigenvalue weighted by atomic mass is 32.1. The largest absolute Gasteiger partial charge is 0.507 e. The lowest BCUT2D eigenvalue weighted by Gasteiger charge is -2.35. The van der Waals surface area contributed by atoms with Crippen molar-refractivity contribution in [3.63, 3.8) is 0 Å². The number of thiol groups is 1. The molecule has 0 aliphatic carbocycles. The monoisotopic (exact) mass is 644 g/mol. The number of hydrogen-bond donors (Lipinski definition) is 4. The van der Waals surface area contributed by atoms with Gasteiger partial charge in [-0.15, -0.1) is 0 Å². The normalized spacial score (nSPS) is 13.2. The summed E-state index contributed by atoms with van der Waals surface area (Å²) in [6, 6.07) is 20.9. The zero-order chi connectivity index (χ0) is 33.8. The maximum Gasteiger partial charge on any atom is 0.125 e. The molecule has 246 valence electrons. The second-order valence-corrected chi connectivity index (χ2v) is 13.0. The third-order valence-electron chi connectivity index (χ3n) is 9.43. The average molecular weight is 645 g/mol. The summed E-state index contributed by atoms with van der Waals surface area (Å²) in [4.78, 5) is 0. The minimum Gasteiger partial charge on any atom is -0.507 e. The lowest BCUT2D eigenvalue weighted by molar-refractivity contribution is 0.181. The smallest absolute Gasteiger partial charge is 0.125 e. The van der Waals surface area contributed by atoms with Gasteiger partial charge in [0.15, 0.2) is 0 Å². The van der Waals surface area contributed by atoms with Crippen molar-refractivity contribution >= 4 is 12.6 Å². The molecule has 0 aromatic heterocycles. The molecule has 4 rings (SSSR count). The van der Waals surface area contributed by atoms with Crippen LogP contribution in [0.5, 0.6) is 17.2 Å². The summed E-state index contributed by atoms with van der Waals surface area (Å²) in [5.41, 5.74) is 8.75. The number of aryl methyl sites for hydroxylation is 2. The Morgan fingerprint density at radius 2 is 0.978 bits per heavy atom. The molecule has 0 radical (unpaired) electrons. The van der Waals surface area contributed by atoms with E-state index in [1.165, 1.54) is 0 Å². The fourth-order valence-electron chi connectivity index (χ4n) is 6.38. The van der Waals surface area contributed by atoms with E-state index in [2.05, 4.69) is 63.7 Å². The van der Waals surface area contributed by atoms with E-state index in [1.54, 1.807) is 21.3 Å². The molecule has 0 heterocycles. The predicted octanol–water partition coefficient (Wildman–Crippen LogP) is 8.22. The molecule has 46 heavy (non-hydrogen) atoms. The molecule has 3 N–H and O–H groups in total. The maximum absolute atomic E-state index is 11.0. The second-order valence-electron chi connectivity index (χ2n) is 12.7. The molecular formula is C39H48O6S. The Hall–Kier alpha value is -3.49. The van der Waals surface area contributed by atoms with Crippen molar-refractivity contribution in [2.24, 2.45) is 0 Å². The molecule has 0 bridgehead atoms. The van der Waals surface area contributed by atoms with E-state index in [1.807, 2.05) is 44.2 Å². The van der Waals surface area contributed by atoms with E-state index in [-0.39, 0.29) is 35.9 Å². The molecule has 4 aromatic rings. The molecular weight excluding hydrogens is 596 g/mol. The van der Waals surface area contributed by atoms with Crippen molar-refractivity contribution < 1.29 is 29.5 Å². The molecule has 0 spiro atoms. The van der Waals surface area contributed by atoms with Crippen LogP contribution in [0, 0.1) is 6.92 Å². The Balaban J connectivity index is 1.94. The van der Waals surface area contributed by atoms with Crippen LogP contribution in [-0.4, -0.2) is 36.6 Å². The van der Waals surface area contributed by atoms with E-state index in [0.717, 1.165) is 55.6 Å². The number of aromatic hydroxyl groups is 3. The van der Waals surface area contributed by atoms with Crippen LogP contribution in [0.4, 0.5) is 0 Å². The van der Waals surface area contributed by atoms with Gasteiger partial charge in [0.25, 0.3) is 0 Å². The van der Waals surface area contributed by atoms with E-state index in [0.29, 0.717) is 24.3 Å². The number of rotatable bonds is 13. The van der Waals surface area contributed by atoms with Crippen molar-refractivity contribution in [3.05, 3.63) is 122 Å². The molecule has 7 heteroatoms. The molecule has 0 aliphatic heterocycles. The molecule has 0 saturated carbocycles. The van der Waals surface area contributed by atoms with Crippen LogP contribution in [-0.2, 0) is 57.0 Å². The van der Waals surface area contributed by atoms with Gasteiger partial charge >= 0.3 is 0 Å². The van der Waals surface area contributed by atoms with Crippen LogP contribution in [0.2, 0.25) is 0 Å². The summed E-state index contributed by atoms with van der Waals surface area (Å²) in [6.07, 6.45) is 0.662. The van der Waals surface area contributed by atoms with Crippen molar-refractivity contribution in [2.45, 2.75) is 77.4 Å². The first-order valence-corrected chi connectivity index (χ1v) is 16.2. The van der Waals surface area contributed by atoms with Crippen LogP contribution in [0.1, 0.15) is 88.9 Å². The van der Waals surface area contributed by atoms with Gasteiger partial charge in [0.05, 0.1) is 19.8 Å². The molecule has 4 aromatic carbocycles. The molecule has 0 saturated heterocycles. The highest BCUT2D eigenvalue weighted by Gasteiger charge is 2.35. The SMILES string of the molecule is CCc1cc(C(C)(c2ccc(C(C)(C)c3cc(CS)c(O)c(COC)c3)cc2)c2cc(C)c(O)c(COC)c2)cc(COC)c1O. The summed E-state index contributed by atoms with van der Waals surface area (Å²) >= 11 is 4.47. The van der Waals surface area contributed by atoms with E-state index >= 15 is 0 Å². The van der Waals surface area contributed by atoms with Crippen LogP contribution in [0.25, 0.3) is 0 Å². The first-order chi connectivity index (χ1) is 21.9. The number of methoxy groups -OCH3 is 3. The zero-order valence-corrected chi connectivity index (χ0v) is 29.2. The Kier molecular flexibility index (Phi) is 11.2. The highest BCUT2D eigenvalue weighted by Crippen LogP contribution is 2.45. The van der Waals surface area contributed by atoms with Gasteiger partial charge < -0.3 is 29.5 Å².